The fourth-order valence-corrected chi connectivity index (χ4v) is 2.36. The van der Waals surface area contributed by atoms with Crippen LogP contribution >= 0.6 is 0 Å². The molecule has 3 nitrogen and oxygen atoms in total. The van der Waals surface area contributed by atoms with E-state index >= 15 is 0 Å². The molecule has 15 heavy (non-hydrogen) atoms. The smallest absolute Gasteiger partial charge is 0.119 e. The molecule has 2 atom stereocenters. The number of benzene rings is 1. The van der Waals surface area contributed by atoms with Gasteiger partial charge >= 0.3 is 0 Å². The molecule has 80 valence electrons. The second kappa shape index (κ2) is 3.42. The predicted octanol–water partition coefficient (Wildman–Crippen LogP) is 1.67. The fraction of sp³-hybridized carbons (Fsp3) is 0.500. The quantitative estimate of drug-likeness (QED) is 0.733. The van der Waals surface area contributed by atoms with Gasteiger partial charge in [-0.25, -0.2) is 0 Å². The molecule has 3 aliphatic heterocycles. The summed E-state index contributed by atoms with van der Waals surface area (Å²) in [5, 5.41) is 0. The van der Waals surface area contributed by atoms with E-state index in [4.69, 9.17) is 9.47 Å². The topological polar surface area (TPSA) is 21.7 Å². The number of rotatable bonds is 2. The molecule has 0 radical (unpaired) electrons. The minimum absolute atomic E-state index is 0.464. The van der Waals surface area contributed by atoms with Gasteiger partial charge in [-0.2, -0.15) is 0 Å². The van der Waals surface area contributed by atoms with Gasteiger partial charge in [0.05, 0.1) is 19.3 Å². The van der Waals surface area contributed by atoms with Crippen LogP contribution in [0.25, 0.3) is 0 Å². The van der Waals surface area contributed by atoms with Gasteiger partial charge in [0.25, 0.3) is 0 Å². The van der Waals surface area contributed by atoms with E-state index in [-0.39, 0.29) is 0 Å². The van der Waals surface area contributed by atoms with Gasteiger partial charge in [0.15, 0.2) is 0 Å². The molecule has 4 rings (SSSR count). The molecule has 2 unspecified atom stereocenters. The number of hydrogen-bond acceptors (Lipinski definition) is 3. The molecule has 0 spiro atoms. The number of morpholine rings is 1. The van der Waals surface area contributed by atoms with Crippen LogP contribution in [0.1, 0.15) is 6.42 Å². The van der Waals surface area contributed by atoms with Crippen molar-refractivity contribution in [3.63, 3.8) is 0 Å². The Labute approximate surface area is 89.6 Å². The first-order valence-corrected chi connectivity index (χ1v) is 5.39. The van der Waals surface area contributed by atoms with Gasteiger partial charge < -0.3 is 14.4 Å². The van der Waals surface area contributed by atoms with Crippen LogP contribution in [-0.2, 0) is 4.74 Å². The highest BCUT2D eigenvalue weighted by molar-refractivity contribution is 5.50. The summed E-state index contributed by atoms with van der Waals surface area (Å²) in [5.41, 5.74) is 1.27. The van der Waals surface area contributed by atoms with Gasteiger partial charge in [-0.15, -0.1) is 0 Å². The molecule has 0 N–H and O–H groups in total. The third-order valence-corrected chi connectivity index (χ3v) is 3.20. The Balaban J connectivity index is 1.75. The molecule has 2 bridgehead atoms. The Morgan fingerprint density at radius 3 is 2.33 bits per heavy atom. The SMILES string of the molecule is COc1ccc(N2CC3CC(C2)O3)cc1. The van der Waals surface area contributed by atoms with Crippen molar-refractivity contribution in [3.8, 4) is 5.75 Å². The summed E-state index contributed by atoms with van der Waals surface area (Å²) in [6, 6.07) is 8.25. The van der Waals surface area contributed by atoms with E-state index in [9.17, 15) is 0 Å². The summed E-state index contributed by atoms with van der Waals surface area (Å²) in [7, 11) is 1.69. The fourth-order valence-electron chi connectivity index (χ4n) is 2.36. The maximum atomic E-state index is 5.61. The molecule has 0 aromatic heterocycles. The molecular weight excluding hydrogens is 190 g/mol. The van der Waals surface area contributed by atoms with E-state index in [1.54, 1.807) is 7.11 Å². The van der Waals surface area contributed by atoms with Crippen molar-refractivity contribution in [3.05, 3.63) is 24.3 Å². The first-order chi connectivity index (χ1) is 7.35. The average molecular weight is 205 g/mol. The minimum Gasteiger partial charge on any atom is -0.497 e. The van der Waals surface area contributed by atoms with Gasteiger partial charge in [0.1, 0.15) is 5.75 Å². The van der Waals surface area contributed by atoms with Crippen molar-refractivity contribution >= 4 is 5.69 Å². The second-order valence-electron chi connectivity index (χ2n) is 4.22. The van der Waals surface area contributed by atoms with E-state index < -0.39 is 0 Å². The highest BCUT2D eigenvalue weighted by Gasteiger charge is 2.38. The van der Waals surface area contributed by atoms with Crippen molar-refractivity contribution in [1.82, 2.24) is 0 Å². The number of fused-ring (bicyclic) bond motifs is 2. The third-order valence-electron chi connectivity index (χ3n) is 3.20. The van der Waals surface area contributed by atoms with Crippen molar-refractivity contribution in [2.75, 3.05) is 25.1 Å². The average Bonchev–Trinajstić information content (AvgIpc) is 2.28. The molecular formula is C12H15NO2. The summed E-state index contributed by atoms with van der Waals surface area (Å²) in [5.74, 6) is 0.914. The Morgan fingerprint density at radius 2 is 1.80 bits per heavy atom. The van der Waals surface area contributed by atoms with Crippen LogP contribution in [-0.4, -0.2) is 32.4 Å². The molecule has 3 heteroatoms. The van der Waals surface area contributed by atoms with E-state index in [0.717, 1.165) is 18.8 Å². The highest BCUT2D eigenvalue weighted by atomic mass is 16.5. The number of methoxy groups -OCH3 is 1. The second-order valence-corrected chi connectivity index (χ2v) is 4.22. The number of hydrogen-bond donors (Lipinski definition) is 0. The van der Waals surface area contributed by atoms with E-state index in [1.807, 2.05) is 12.1 Å². The van der Waals surface area contributed by atoms with E-state index in [2.05, 4.69) is 17.0 Å². The highest BCUT2D eigenvalue weighted by Crippen LogP contribution is 2.31. The Bertz CT molecular complexity index is 333. The lowest BCUT2D eigenvalue weighted by atomic mass is 9.98. The number of nitrogens with zero attached hydrogens (tertiary/aromatic N) is 1. The molecule has 0 aliphatic carbocycles. The lowest BCUT2D eigenvalue weighted by molar-refractivity contribution is -0.133. The van der Waals surface area contributed by atoms with Crippen LogP contribution < -0.4 is 9.64 Å². The normalized spacial score (nSPS) is 28.5. The van der Waals surface area contributed by atoms with Crippen LogP contribution in [0, 0.1) is 0 Å². The zero-order valence-electron chi connectivity index (χ0n) is 8.85. The van der Waals surface area contributed by atoms with Gasteiger partial charge in [0.2, 0.25) is 0 Å². The van der Waals surface area contributed by atoms with Gasteiger partial charge in [0, 0.05) is 25.2 Å². The monoisotopic (exact) mass is 205 g/mol. The van der Waals surface area contributed by atoms with Crippen molar-refractivity contribution in [2.24, 2.45) is 0 Å². The molecule has 0 saturated carbocycles. The summed E-state index contributed by atoms with van der Waals surface area (Å²) >= 11 is 0. The van der Waals surface area contributed by atoms with Crippen molar-refractivity contribution in [1.29, 1.82) is 0 Å². The van der Waals surface area contributed by atoms with E-state index in [0.29, 0.717) is 12.2 Å². The Kier molecular flexibility index (Phi) is 2.06. The van der Waals surface area contributed by atoms with Gasteiger partial charge in [-0.1, -0.05) is 0 Å². The maximum absolute atomic E-state index is 5.61. The minimum atomic E-state index is 0.464. The molecule has 3 heterocycles. The van der Waals surface area contributed by atoms with Crippen molar-refractivity contribution in [2.45, 2.75) is 18.6 Å². The summed E-state index contributed by atoms with van der Waals surface area (Å²) < 4.78 is 10.7. The lowest BCUT2D eigenvalue weighted by Crippen LogP contribution is -2.57. The molecule has 3 fully saturated rings. The zero-order valence-corrected chi connectivity index (χ0v) is 8.85. The predicted molar refractivity (Wildman–Crippen MR) is 58.5 cm³/mol. The first kappa shape index (κ1) is 9.04. The van der Waals surface area contributed by atoms with E-state index in [1.165, 1.54) is 12.1 Å². The van der Waals surface area contributed by atoms with Crippen LogP contribution in [0.4, 0.5) is 5.69 Å². The standard InChI is InChI=1S/C12H15NO2/c1-14-10-4-2-9(3-5-10)13-7-11-6-12(8-13)15-11/h2-5,11-12H,6-8H2,1H3. The largest absolute Gasteiger partial charge is 0.497 e. The van der Waals surface area contributed by atoms with Crippen LogP contribution in [0.3, 0.4) is 0 Å². The molecule has 3 saturated heterocycles. The Morgan fingerprint density at radius 1 is 1.20 bits per heavy atom. The van der Waals surface area contributed by atoms with Crippen LogP contribution in [0.5, 0.6) is 5.75 Å². The number of piperidine rings is 1. The lowest BCUT2D eigenvalue weighted by Gasteiger charge is -2.48. The van der Waals surface area contributed by atoms with Crippen molar-refractivity contribution < 1.29 is 9.47 Å². The zero-order chi connectivity index (χ0) is 10.3. The maximum Gasteiger partial charge on any atom is 0.119 e. The number of anilines is 1. The summed E-state index contributed by atoms with van der Waals surface area (Å²) in [6.45, 7) is 2.06. The number of ether oxygens (including phenoxy) is 2. The van der Waals surface area contributed by atoms with Crippen LogP contribution in [0.2, 0.25) is 0 Å². The molecule has 3 aliphatic rings. The molecule has 0 amide bonds. The molecule has 1 aromatic rings. The van der Waals surface area contributed by atoms with Gasteiger partial charge in [-0.3, -0.25) is 0 Å². The summed E-state index contributed by atoms with van der Waals surface area (Å²) in [4.78, 5) is 2.39. The summed E-state index contributed by atoms with van der Waals surface area (Å²) in [6.07, 6.45) is 2.17. The third kappa shape index (κ3) is 1.57. The first-order valence-electron chi connectivity index (χ1n) is 5.39. The molecule has 1 aromatic carbocycles. The van der Waals surface area contributed by atoms with Crippen LogP contribution in [0.15, 0.2) is 24.3 Å². The van der Waals surface area contributed by atoms with Gasteiger partial charge in [-0.05, 0) is 24.3 Å². The Hall–Kier alpha value is -1.22.